The van der Waals surface area contributed by atoms with Crippen LogP contribution in [-0.4, -0.2) is 126 Å². The van der Waals surface area contributed by atoms with Crippen molar-refractivity contribution in [2.75, 3.05) is 0 Å². The first kappa shape index (κ1) is 55.4. The van der Waals surface area contributed by atoms with Gasteiger partial charge in [0.15, 0.2) is 0 Å². The lowest BCUT2D eigenvalue weighted by molar-refractivity contribution is -0.0532. The first-order chi connectivity index (χ1) is 30.1. The highest BCUT2D eigenvalue weighted by atomic mass is 32.2. The van der Waals surface area contributed by atoms with Crippen LogP contribution in [0.3, 0.4) is 0 Å². The number of fused-ring (bicyclic) bond motifs is 4. The van der Waals surface area contributed by atoms with Crippen molar-refractivity contribution in [2.45, 2.75) is 250 Å². The highest BCUT2D eigenvalue weighted by molar-refractivity contribution is 7.87. The fraction of sp³-hybridized carbons (Fsp3) is 0.867. The molecule has 0 radical (unpaired) electrons. The molecule has 5 saturated heterocycles. The van der Waals surface area contributed by atoms with E-state index in [1.807, 2.05) is 81.1 Å². The number of amides is 2. The van der Waals surface area contributed by atoms with Crippen LogP contribution in [-0.2, 0) is 51.7 Å². The van der Waals surface area contributed by atoms with E-state index in [1.54, 1.807) is 20.8 Å². The lowest BCUT2D eigenvalue weighted by Crippen LogP contribution is -2.54. The summed E-state index contributed by atoms with van der Waals surface area (Å²) < 4.78 is 111. The maximum absolute atomic E-state index is 12.7. The summed E-state index contributed by atoms with van der Waals surface area (Å²) in [7, 11) is -6.96. The Kier molecular flexibility index (Phi) is 15.4. The Balaban J connectivity index is 0.000000191. The number of alkyl halides is 3. The molecule has 4 bridgehead atoms. The average molecular weight is 975 g/mol. The molecule has 7 heterocycles. The molecule has 15 nitrogen and oxygen atoms in total. The van der Waals surface area contributed by atoms with Crippen LogP contribution in [0.25, 0.3) is 0 Å². The molecule has 380 valence electrons. The van der Waals surface area contributed by atoms with E-state index in [2.05, 4.69) is 38.0 Å². The number of piperidine rings is 2. The minimum atomic E-state index is -5.70. The number of carbonyl (C=O) groups is 2. The van der Waals surface area contributed by atoms with Gasteiger partial charge in [0.1, 0.15) is 17.0 Å². The van der Waals surface area contributed by atoms with Gasteiger partial charge in [0.05, 0.1) is 45.7 Å². The molecule has 0 aromatic carbocycles. The molecule has 7 aliphatic rings. The van der Waals surface area contributed by atoms with Gasteiger partial charge >= 0.3 is 48.9 Å². The number of nitrogens with zero attached hydrogens (tertiary/aromatic N) is 2. The van der Waals surface area contributed by atoms with Gasteiger partial charge in [-0.1, -0.05) is 6.08 Å². The standard InChI is InChI=1S/C19H32BNO4.C14H20F3NO5S.C12H24B2O4/c1-17(2,3)23-16(22)21-14-9-8-10-15(21)12-13(11-14)20-24-18(4,5)19(6,7)25-20;1-13(2,3)22-12(19)18-9-5-4-6-10(18)8-11(7-9)23-24(20,21)14(15,16)17;1-9(2)10(3,4)16-13(15-9)14-17-11(5,6)12(7,8)18-14/h11,14-15H,8-10,12H2,1-7H3;7,9-10H,4-6,8H2,1-3H3;1-8H3. The highest BCUT2D eigenvalue weighted by Crippen LogP contribution is 2.45. The summed E-state index contributed by atoms with van der Waals surface area (Å²) in [5.41, 5.74) is -7.59. The van der Waals surface area contributed by atoms with Crippen molar-refractivity contribution in [1.29, 1.82) is 0 Å². The number of rotatable bonds is 4. The molecule has 2 amide bonds. The zero-order valence-electron chi connectivity index (χ0n) is 43.1. The summed E-state index contributed by atoms with van der Waals surface area (Å²) in [6.07, 6.45) is 8.34. The topological polar surface area (TPSA) is 158 Å². The normalized spacial score (nSPS) is 29.1. The minimum absolute atomic E-state index is 0.0800. The number of halogens is 3. The molecular weight excluding hydrogens is 898 g/mol. The van der Waals surface area contributed by atoms with Crippen molar-refractivity contribution in [1.82, 2.24) is 9.80 Å². The summed E-state index contributed by atoms with van der Waals surface area (Å²) in [6, 6.07) is -0.725. The number of hydrogen-bond donors (Lipinski definition) is 0. The van der Waals surface area contributed by atoms with Gasteiger partial charge in [-0.3, -0.25) is 9.80 Å². The van der Waals surface area contributed by atoms with Crippen LogP contribution in [0.2, 0.25) is 0 Å². The van der Waals surface area contributed by atoms with Gasteiger partial charge in [-0.2, -0.15) is 21.6 Å². The van der Waals surface area contributed by atoms with Crippen LogP contribution >= 0.6 is 0 Å². The molecule has 0 spiro atoms. The molecule has 67 heavy (non-hydrogen) atoms. The van der Waals surface area contributed by atoms with Gasteiger partial charge in [-0.05, 0) is 181 Å². The van der Waals surface area contributed by atoms with E-state index in [-0.39, 0.29) is 71.1 Å². The quantitative estimate of drug-likeness (QED) is 0.149. The van der Waals surface area contributed by atoms with Crippen LogP contribution in [0.5, 0.6) is 0 Å². The summed E-state index contributed by atoms with van der Waals surface area (Å²) in [4.78, 5) is 28.4. The summed E-state index contributed by atoms with van der Waals surface area (Å²) in [5.74, 6) is -0.276. The molecule has 0 aromatic rings. The van der Waals surface area contributed by atoms with Gasteiger partial charge in [-0.25, -0.2) is 9.59 Å². The van der Waals surface area contributed by atoms with Crippen molar-refractivity contribution < 1.29 is 72.8 Å². The maximum Gasteiger partial charge on any atom is 0.534 e. The Hall–Kier alpha value is -2.49. The zero-order chi connectivity index (χ0) is 50.9. The molecule has 4 atom stereocenters. The molecule has 0 aromatic heterocycles. The van der Waals surface area contributed by atoms with Crippen molar-refractivity contribution >= 4 is 43.4 Å². The molecule has 7 aliphatic heterocycles. The first-order valence-electron chi connectivity index (χ1n) is 23.6. The van der Waals surface area contributed by atoms with Crippen LogP contribution in [0.15, 0.2) is 23.4 Å². The molecule has 22 heteroatoms. The van der Waals surface area contributed by atoms with E-state index >= 15 is 0 Å². The van der Waals surface area contributed by atoms with E-state index < -0.39 is 59.0 Å². The zero-order valence-corrected chi connectivity index (χ0v) is 43.9. The molecule has 0 aliphatic carbocycles. The third-order valence-corrected chi connectivity index (χ3v) is 15.3. The second-order valence-electron chi connectivity index (χ2n) is 23.7. The minimum Gasteiger partial charge on any atom is -0.444 e. The van der Waals surface area contributed by atoms with Gasteiger partial charge in [0, 0.05) is 18.5 Å². The van der Waals surface area contributed by atoms with E-state index in [9.17, 15) is 31.2 Å². The number of ether oxygens (including phenoxy) is 2. The molecule has 0 saturated carbocycles. The summed E-state index contributed by atoms with van der Waals surface area (Å²) >= 11 is 0. The highest BCUT2D eigenvalue weighted by Gasteiger charge is 2.64. The monoisotopic (exact) mass is 975 g/mol. The van der Waals surface area contributed by atoms with E-state index in [4.69, 9.17) is 37.4 Å². The lowest BCUT2D eigenvalue weighted by Gasteiger charge is -2.45. The van der Waals surface area contributed by atoms with E-state index in [0.717, 1.165) is 32.1 Å². The lowest BCUT2D eigenvalue weighted by atomic mass is 9.49. The van der Waals surface area contributed by atoms with Crippen molar-refractivity contribution in [2.24, 2.45) is 0 Å². The second-order valence-corrected chi connectivity index (χ2v) is 25.2. The first-order valence-corrected chi connectivity index (χ1v) is 25.0. The molecule has 7 rings (SSSR count). The van der Waals surface area contributed by atoms with E-state index in [0.29, 0.717) is 12.8 Å². The number of carbonyl (C=O) groups excluding carboxylic acids is 2. The van der Waals surface area contributed by atoms with E-state index in [1.165, 1.54) is 16.4 Å². The van der Waals surface area contributed by atoms with Gasteiger partial charge in [0.2, 0.25) is 0 Å². The molecule has 5 fully saturated rings. The van der Waals surface area contributed by atoms with Crippen molar-refractivity contribution in [3.8, 4) is 0 Å². The predicted octanol–water partition coefficient (Wildman–Crippen LogP) is 9.65. The third kappa shape index (κ3) is 12.5. The molecule has 0 N–H and O–H groups in total. The SMILES string of the molecule is CC(C)(C)OC(=O)N1C2C=C(B3OC(C)(C)C(C)(C)O3)CC1CCC2.CC(C)(C)OC(=O)N1C2C=C(OS(=O)(=O)C(F)(F)F)CC1CCC2.CC1(C)OB(B2OC(C)(C)C(C)(C)O2)OC1(C)C. The number of hydrogen-bond acceptors (Lipinski definition) is 13. The van der Waals surface area contributed by atoms with Crippen molar-refractivity contribution in [3.63, 3.8) is 0 Å². The maximum atomic E-state index is 12.7. The summed E-state index contributed by atoms with van der Waals surface area (Å²) in [5, 5.41) is 0. The Morgan fingerprint density at radius 1 is 0.582 bits per heavy atom. The predicted molar refractivity (Wildman–Crippen MR) is 249 cm³/mol. The fourth-order valence-corrected chi connectivity index (χ4v) is 9.17. The Labute approximate surface area is 398 Å². The molecule has 4 unspecified atom stereocenters. The van der Waals surface area contributed by atoms with Gasteiger partial charge in [0.25, 0.3) is 0 Å². The van der Waals surface area contributed by atoms with Crippen LogP contribution in [0, 0.1) is 0 Å². The van der Waals surface area contributed by atoms with Crippen LogP contribution < -0.4 is 0 Å². The largest absolute Gasteiger partial charge is 0.534 e. The van der Waals surface area contributed by atoms with Crippen LogP contribution in [0.4, 0.5) is 22.8 Å². The average Bonchev–Trinajstić information content (AvgIpc) is 3.58. The Morgan fingerprint density at radius 2 is 0.925 bits per heavy atom. The second kappa shape index (κ2) is 18.6. The Bertz CT molecular complexity index is 1930. The smallest absolute Gasteiger partial charge is 0.444 e. The Morgan fingerprint density at radius 3 is 1.25 bits per heavy atom. The molecular formula is C45H76B3F3N2O13S. The van der Waals surface area contributed by atoms with Gasteiger partial charge < -0.3 is 41.6 Å². The summed E-state index contributed by atoms with van der Waals surface area (Å²) in [6.45, 7) is 35.4. The van der Waals surface area contributed by atoms with Crippen LogP contribution in [0.1, 0.15) is 176 Å². The van der Waals surface area contributed by atoms with Crippen molar-refractivity contribution in [3.05, 3.63) is 23.4 Å². The van der Waals surface area contributed by atoms with Gasteiger partial charge in [-0.15, -0.1) is 0 Å². The fourth-order valence-electron chi connectivity index (χ4n) is 8.67. The third-order valence-electron chi connectivity index (χ3n) is 14.3.